The van der Waals surface area contributed by atoms with Crippen LogP contribution in [0.5, 0.6) is 5.75 Å². The third-order valence-corrected chi connectivity index (χ3v) is 6.64. The highest BCUT2D eigenvalue weighted by Gasteiger charge is 2.20. The highest BCUT2D eigenvalue weighted by Crippen LogP contribution is 2.33. The molecule has 6 nitrogen and oxygen atoms in total. The summed E-state index contributed by atoms with van der Waals surface area (Å²) in [7, 11) is 1.58. The van der Waals surface area contributed by atoms with Crippen LogP contribution in [0, 0.1) is 4.77 Å². The van der Waals surface area contributed by atoms with Crippen LogP contribution in [0.1, 0.15) is 0 Å². The van der Waals surface area contributed by atoms with Crippen molar-refractivity contribution in [3.05, 3.63) is 99.7 Å². The van der Waals surface area contributed by atoms with E-state index in [-0.39, 0.29) is 12.5 Å². The number of rotatable bonds is 6. The molecule has 0 spiro atoms. The lowest BCUT2D eigenvalue weighted by atomic mass is 10.1. The van der Waals surface area contributed by atoms with E-state index in [1.165, 1.54) is 4.68 Å². The van der Waals surface area contributed by atoms with Gasteiger partial charge in [-0.3, -0.25) is 9.36 Å². The molecule has 0 aliphatic carbocycles. The van der Waals surface area contributed by atoms with Crippen LogP contribution in [0.25, 0.3) is 27.8 Å². The van der Waals surface area contributed by atoms with Crippen molar-refractivity contribution < 1.29 is 9.53 Å². The molecule has 1 aromatic heterocycles. The fourth-order valence-electron chi connectivity index (χ4n) is 4.05. The molecule has 36 heavy (non-hydrogen) atoms. The zero-order valence-electron chi connectivity index (χ0n) is 19.1. The van der Waals surface area contributed by atoms with Gasteiger partial charge in [-0.05, 0) is 54.0 Å². The van der Waals surface area contributed by atoms with Crippen molar-refractivity contribution in [1.29, 1.82) is 0 Å². The maximum atomic E-state index is 13.1. The Labute approximate surface area is 222 Å². The van der Waals surface area contributed by atoms with Gasteiger partial charge in [0.1, 0.15) is 12.3 Å². The van der Waals surface area contributed by atoms with Gasteiger partial charge < -0.3 is 10.1 Å². The molecule has 5 rings (SSSR count). The minimum atomic E-state index is -0.263. The molecule has 0 aliphatic rings. The van der Waals surface area contributed by atoms with Crippen molar-refractivity contribution in [2.75, 3.05) is 12.4 Å². The first-order valence-electron chi connectivity index (χ1n) is 11.0. The van der Waals surface area contributed by atoms with Gasteiger partial charge in [0.05, 0.1) is 17.8 Å². The summed E-state index contributed by atoms with van der Waals surface area (Å²) in [4.78, 5) is 13.1. The van der Waals surface area contributed by atoms with Gasteiger partial charge in [-0.2, -0.15) is 5.10 Å². The van der Waals surface area contributed by atoms with Crippen molar-refractivity contribution in [1.82, 2.24) is 14.3 Å². The van der Waals surface area contributed by atoms with Crippen molar-refractivity contribution in [3.8, 4) is 22.8 Å². The molecule has 0 atom stereocenters. The number of carbonyl (C=O) groups is 1. The number of nitrogens with one attached hydrogen (secondary N) is 1. The third-order valence-electron chi connectivity index (χ3n) is 5.69. The summed E-state index contributed by atoms with van der Waals surface area (Å²) in [6.45, 7) is -0.0948. The van der Waals surface area contributed by atoms with E-state index in [0.29, 0.717) is 37.6 Å². The molecule has 9 heteroatoms. The molecule has 0 saturated carbocycles. The van der Waals surface area contributed by atoms with E-state index in [1.54, 1.807) is 29.9 Å². The van der Waals surface area contributed by atoms with Gasteiger partial charge >= 0.3 is 0 Å². The van der Waals surface area contributed by atoms with Crippen molar-refractivity contribution >= 4 is 57.8 Å². The summed E-state index contributed by atoms with van der Waals surface area (Å²) in [5.41, 5.74) is 2.01. The maximum Gasteiger partial charge on any atom is 0.246 e. The number of halogens is 2. The molecule has 1 N–H and O–H groups in total. The van der Waals surface area contributed by atoms with E-state index >= 15 is 0 Å². The van der Waals surface area contributed by atoms with Gasteiger partial charge in [0, 0.05) is 21.7 Å². The van der Waals surface area contributed by atoms with E-state index < -0.39 is 0 Å². The number of anilines is 1. The number of benzene rings is 4. The lowest BCUT2D eigenvalue weighted by Crippen LogP contribution is -2.20. The monoisotopic (exact) mass is 534 g/mol. The van der Waals surface area contributed by atoms with Crippen LogP contribution in [0.4, 0.5) is 5.69 Å². The topological polar surface area (TPSA) is 61.1 Å². The molecule has 4 aromatic carbocycles. The van der Waals surface area contributed by atoms with Gasteiger partial charge in [0.2, 0.25) is 10.7 Å². The molecule has 0 bridgehead atoms. The van der Waals surface area contributed by atoms with E-state index in [4.69, 9.17) is 45.3 Å². The van der Waals surface area contributed by atoms with Crippen molar-refractivity contribution in [2.24, 2.45) is 0 Å². The number of hydrogen-bond donors (Lipinski definition) is 1. The predicted octanol–water partition coefficient (Wildman–Crippen LogP) is 7.18. The average Bonchev–Trinajstić information content (AvgIpc) is 3.19. The first-order chi connectivity index (χ1) is 17.5. The summed E-state index contributed by atoms with van der Waals surface area (Å²) < 4.78 is 9.10. The Kier molecular flexibility index (Phi) is 6.78. The standard InChI is InChI=1S/C27H20Cl2N4O2S/c1-35-24-12-5-4-11-23(24)33-26(20-14-13-18(28)15-21(20)29)31-32(27(33)36)16-25(34)30-22-10-6-8-17-7-2-3-9-19(17)22/h2-15H,16H2,1H3,(H,30,34). The quantitative estimate of drug-likeness (QED) is 0.234. The Hall–Kier alpha value is -3.65. The van der Waals surface area contributed by atoms with Crippen molar-refractivity contribution in [3.63, 3.8) is 0 Å². The predicted molar refractivity (Wildman–Crippen MR) is 147 cm³/mol. The Morgan fingerprint density at radius 2 is 1.75 bits per heavy atom. The number of hydrogen-bond acceptors (Lipinski definition) is 4. The van der Waals surface area contributed by atoms with Gasteiger partial charge in [-0.25, -0.2) is 4.68 Å². The normalized spacial score (nSPS) is 11.0. The number of amides is 1. The second-order valence-electron chi connectivity index (χ2n) is 7.97. The van der Waals surface area contributed by atoms with Crippen LogP contribution < -0.4 is 10.1 Å². The average molecular weight is 535 g/mol. The molecule has 5 aromatic rings. The molecule has 180 valence electrons. The first kappa shape index (κ1) is 24.1. The molecular weight excluding hydrogens is 515 g/mol. The number of ether oxygens (including phenoxy) is 1. The Morgan fingerprint density at radius 3 is 2.56 bits per heavy atom. The van der Waals surface area contributed by atoms with E-state index in [1.807, 2.05) is 66.7 Å². The minimum Gasteiger partial charge on any atom is -0.495 e. The minimum absolute atomic E-state index is 0.0948. The van der Waals surface area contributed by atoms with Crippen LogP contribution in [0.3, 0.4) is 0 Å². The van der Waals surface area contributed by atoms with Crippen LogP contribution in [-0.2, 0) is 11.3 Å². The highest BCUT2D eigenvalue weighted by molar-refractivity contribution is 7.71. The zero-order chi connectivity index (χ0) is 25.2. The molecule has 0 radical (unpaired) electrons. The lowest BCUT2D eigenvalue weighted by molar-refractivity contribution is -0.116. The number of fused-ring (bicyclic) bond motifs is 1. The van der Waals surface area contributed by atoms with Crippen LogP contribution in [-0.4, -0.2) is 27.4 Å². The summed E-state index contributed by atoms with van der Waals surface area (Å²) in [6.07, 6.45) is 0. The summed E-state index contributed by atoms with van der Waals surface area (Å²) in [5, 5.41) is 10.6. The largest absolute Gasteiger partial charge is 0.495 e. The fraction of sp³-hybridized carbons (Fsp3) is 0.0741. The van der Waals surface area contributed by atoms with Crippen LogP contribution in [0.2, 0.25) is 10.0 Å². The molecular formula is C27H20Cl2N4O2S. The molecule has 0 saturated heterocycles. The van der Waals surface area contributed by atoms with Crippen molar-refractivity contribution in [2.45, 2.75) is 6.54 Å². The number of para-hydroxylation sites is 2. The zero-order valence-corrected chi connectivity index (χ0v) is 21.4. The smallest absolute Gasteiger partial charge is 0.246 e. The Balaban J connectivity index is 1.57. The maximum absolute atomic E-state index is 13.1. The number of nitrogens with zero attached hydrogens (tertiary/aromatic N) is 3. The second-order valence-corrected chi connectivity index (χ2v) is 9.18. The molecule has 1 heterocycles. The summed E-state index contributed by atoms with van der Waals surface area (Å²) in [6, 6.07) is 26.2. The number of methoxy groups -OCH3 is 1. The number of carbonyl (C=O) groups excluding carboxylic acids is 1. The van der Waals surface area contributed by atoms with Gasteiger partial charge in [-0.1, -0.05) is 71.7 Å². The van der Waals surface area contributed by atoms with Gasteiger partial charge in [-0.15, -0.1) is 0 Å². The lowest BCUT2D eigenvalue weighted by Gasteiger charge is -2.12. The van der Waals surface area contributed by atoms with E-state index in [2.05, 4.69) is 5.32 Å². The SMILES string of the molecule is COc1ccccc1-n1c(-c2ccc(Cl)cc2Cl)nn(CC(=O)Nc2cccc3ccccc23)c1=S. The van der Waals surface area contributed by atoms with Gasteiger partial charge in [0.25, 0.3) is 0 Å². The molecule has 0 unspecified atom stereocenters. The fourth-order valence-corrected chi connectivity index (χ4v) is 4.83. The molecule has 1 amide bonds. The van der Waals surface area contributed by atoms with E-state index in [9.17, 15) is 4.79 Å². The van der Waals surface area contributed by atoms with Gasteiger partial charge in [0.15, 0.2) is 5.82 Å². The summed E-state index contributed by atoms with van der Waals surface area (Å²) in [5.74, 6) is 0.796. The Morgan fingerprint density at radius 1 is 1.00 bits per heavy atom. The van der Waals surface area contributed by atoms with E-state index in [0.717, 1.165) is 16.5 Å². The third kappa shape index (κ3) is 4.60. The van der Waals surface area contributed by atoms with Crippen LogP contribution in [0.15, 0.2) is 84.9 Å². The Bertz CT molecular complexity index is 1660. The first-order valence-corrected chi connectivity index (χ1v) is 12.2. The highest BCUT2D eigenvalue weighted by atomic mass is 35.5. The van der Waals surface area contributed by atoms with Crippen LogP contribution >= 0.6 is 35.4 Å². The summed E-state index contributed by atoms with van der Waals surface area (Å²) >= 11 is 18.4. The molecule has 0 fully saturated rings. The second kappa shape index (κ2) is 10.1. The molecule has 0 aliphatic heterocycles. The number of aromatic nitrogens is 3.